The minimum Gasteiger partial charge on any atom is -0.508 e. The van der Waals surface area contributed by atoms with Gasteiger partial charge in [0.2, 0.25) is 0 Å². The van der Waals surface area contributed by atoms with E-state index in [0.717, 1.165) is 126 Å². The molecule has 0 saturated carbocycles. The van der Waals surface area contributed by atoms with E-state index in [1.807, 2.05) is 0 Å². The normalized spacial score (nSPS) is 17.0. The summed E-state index contributed by atoms with van der Waals surface area (Å²) in [4.78, 5) is 201. The summed E-state index contributed by atoms with van der Waals surface area (Å²) in [7, 11) is 2.56. The summed E-state index contributed by atoms with van der Waals surface area (Å²) in [5.41, 5.74) is -3.10. The van der Waals surface area contributed by atoms with Crippen LogP contribution in [0.1, 0.15) is 135 Å². The number of esters is 4. The molecule has 6 heterocycles. The first kappa shape index (κ1) is 79.9. The van der Waals surface area contributed by atoms with E-state index >= 15 is 9.59 Å². The number of urea groups is 2. The lowest BCUT2D eigenvalue weighted by atomic mass is 10.1. The van der Waals surface area contributed by atoms with Crippen molar-refractivity contribution in [3.8, 4) is 34.5 Å². The van der Waals surface area contributed by atoms with E-state index in [1.165, 1.54) is 62.8 Å². The molecule has 0 radical (unpaired) electrons. The maximum absolute atomic E-state index is 15.3. The second-order valence-electron chi connectivity index (χ2n) is 27.5. The van der Waals surface area contributed by atoms with Crippen molar-refractivity contribution in [1.82, 2.24) is 19.6 Å². The molecule has 118 heavy (non-hydrogen) atoms. The van der Waals surface area contributed by atoms with Gasteiger partial charge < -0.3 is 79.5 Å². The first-order valence-electron chi connectivity index (χ1n) is 35.7. The zero-order valence-corrected chi connectivity index (χ0v) is 61.6. The van der Waals surface area contributed by atoms with Crippen LogP contribution in [0.3, 0.4) is 0 Å². The number of rotatable bonds is 28. The van der Waals surface area contributed by atoms with Gasteiger partial charge in [0, 0.05) is 35.4 Å². The second kappa shape index (κ2) is 31.9. The van der Waals surface area contributed by atoms with Gasteiger partial charge in [0.05, 0.1) is 143 Å². The van der Waals surface area contributed by atoms with E-state index in [4.69, 9.17) is 28.4 Å². The number of carbonyl (C=O) groups is 14. The monoisotopic (exact) mass is 1620 g/mol. The third-order valence-electron chi connectivity index (χ3n) is 20.1. The molecular formula is C80H66N8O30. The number of phenols is 4. The average molecular weight is 1620 g/mol. The number of hydrogen-bond donors (Lipinski definition) is 10. The molecule has 2 fully saturated rings. The number of benzene rings is 8. The van der Waals surface area contributed by atoms with Gasteiger partial charge in [-0.1, -0.05) is 12.1 Å². The number of nitrogens with zero attached hydrogens (tertiary/aromatic N) is 8. The van der Waals surface area contributed by atoms with Crippen LogP contribution < -0.4 is 29.1 Å². The quantitative estimate of drug-likeness (QED) is 0.0191. The molecule has 0 aromatic heterocycles. The maximum Gasteiger partial charge on any atom is 0.338 e. The lowest BCUT2D eigenvalue weighted by Gasteiger charge is -2.32. The number of β-amino-alcohol motifs (C(OH)–C–C–N with tert-alkyl or cyclic N) is 4. The molecule has 2 saturated heterocycles. The molecular weight excluding hydrogens is 1550 g/mol. The number of anilines is 4. The van der Waals surface area contributed by atoms with Crippen LogP contribution in [0.5, 0.6) is 34.5 Å². The zero-order chi connectivity index (χ0) is 84.3. The van der Waals surface area contributed by atoms with Crippen molar-refractivity contribution in [3.63, 3.8) is 0 Å². The van der Waals surface area contributed by atoms with Crippen molar-refractivity contribution in [2.24, 2.45) is 0 Å². The van der Waals surface area contributed by atoms with E-state index in [9.17, 15) is 109 Å². The average Bonchev–Trinajstić information content (AvgIpc) is 1.57. The van der Waals surface area contributed by atoms with E-state index < -0.39 is 209 Å². The maximum atomic E-state index is 15.3. The number of ether oxygens (including phenoxy) is 6. The number of hydrogen-bond acceptors (Lipinski definition) is 30. The Bertz CT molecular complexity index is 4980. The van der Waals surface area contributed by atoms with Gasteiger partial charge in [-0.2, -0.15) is 0 Å². The molecule has 14 rings (SSSR count). The number of aliphatic hydroxyl groups is 6. The van der Waals surface area contributed by atoms with Crippen molar-refractivity contribution in [1.29, 1.82) is 0 Å². The number of carbonyl (C=O) groups excluding carboxylic acids is 14. The Labute approximate surface area is 663 Å². The number of fused-ring (bicyclic) bond motifs is 5. The molecule has 6 aliphatic heterocycles. The second-order valence-corrected chi connectivity index (χ2v) is 27.5. The fraction of sp³-hybridized carbons (Fsp3) is 0.225. The Balaban J connectivity index is 0.726. The molecule has 6 aliphatic rings. The molecule has 38 heteroatoms. The lowest BCUT2D eigenvalue weighted by Crippen LogP contribution is -2.52. The smallest absolute Gasteiger partial charge is 0.338 e. The van der Waals surface area contributed by atoms with Crippen molar-refractivity contribution in [2.75, 3.05) is 86.4 Å². The van der Waals surface area contributed by atoms with E-state index in [2.05, 4.69) is 0 Å². The van der Waals surface area contributed by atoms with E-state index in [-0.39, 0.29) is 112 Å². The summed E-state index contributed by atoms with van der Waals surface area (Å²) in [6.07, 6.45) is -11.4. The van der Waals surface area contributed by atoms with Crippen molar-refractivity contribution < 1.29 is 147 Å². The predicted octanol–water partition coefficient (Wildman–Crippen LogP) is 3.01. The molecule has 0 aliphatic carbocycles. The SMILES string of the molecule is COc1ccc(N2C(=O)c3ccc(C(=O)OCC(O)CN4C(=O)N(CC(O)COC(=O)c5ccc6c(c5)C(=O)N(c5ccc(CO)c(O)c5)C6=O)C5C4N(CC(O)COC(=O)c4ccc6c(c4)C(=O)N(c4ccc(OC)c(O)c4)C6=O)C(=O)N5CC(O)COC(=O)c4ccc5c(c4)C(=O)N(c4ccc(CO)c(O)c4)C5=O)cc3C2=O)cc1O. The Morgan fingerprint density at radius 3 is 0.763 bits per heavy atom. The van der Waals surface area contributed by atoms with Crippen LogP contribution in [0.2, 0.25) is 0 Å². The topological polar surface area (TPSA) is 523 Å². The lowest BCUT2D eigenvalue weighted by molar-refractivity contribution is -0.00440. The van der Waals surface area contributed by atoms with Crippen LogP contribution in [-0.4, -0.2) is 257 Å². The number of methoxy groups -OCH3 is 2. The number of imide groups is 4. The molecule has 38 nitrogen and oxygen atoms in total. The van der Waals surface area contributed by atoms with Gasteiger partial charge in [-0.25, -0.2) is 48.4 Å². The summed E-state index contributed by atoms with van der Waals surface area (Å²) < 4.78 is 32.0. The molecule has 10 N–H and O–H groups in total. The first-order valence-corrected chi connectivity index (χ1v) is 35.7. The van der Waals surface area contributed by atoms with Gasteiger partial charge in [-0.3, -0.25) is 58.0 Å². The molecule has 4 unspecified atom stereocenters. The molecule has 4 atom stereocenters. The third-order valence-corrected chi connectivity index (χ3v) is 20.1. The number of aromatic hydroxyl groups is 4. The molecule has 8 aromatic rings. The highest BCUT2D eigenvalue weighted by Gasteiger charge is 2.60. The van der Waals surface area contributed by atoms with E-state index in [1.54, 1.807) is 0 Å². The summed E-state index contributed by atoms with van der Waals surface area (Å²) in [5, 5.41) is 108. The van der Waals surface area contributed by atoms with Gasteiger partial charge in [-0.15, -0.1) is 0 Å². The third kappa shape index (κ3) is 14.5. The van der Waals surface area contributed by atoms with Crippen LogP contribution in [-0.2, 0) is 32.2 Å². The molecule has 8 aromatic carbocycles. The zero-order valence-electron chi connectivity index (χ0n) is 61.6. The van der Waals surface area contributed by atoms with Crippen molar-refractivity contribution >= 4 is 106 Å². The molecule has 0 bridgehead atoms. The molecule has 606 valence electrons. The Morgan fingerprint density at radius 1 is 0.314 bits per heavy atom. The van der Waals surface area contributed by atoms with E-state index in [0.29, 0.717) is 9.80 Å². The highest BCUT2D eigenvalue weighted by Crippen LogP contribution is 2.41. The van der Waals surface area contributed by atoms with Gasteiger partial charge >= 0.3 is 35.9 Å². The Hall–Kier alpha value is -14.7. The van der Waals surface area contributed by atoms with Crippen LogP contribution in [0.15, 0.2) is 146 Å². The summed E-state index contributed by atoms with van der Waals surface area (Å²) in [6.45, 7) is -8.77. The standard InChI is InChI=1S/C80H66N8O30/c1-113-63-17-11-45(25-61(63)97)87-69(101)53-15-7-39(21-57(53)73(87)105)77(109)117-35-49(93)29-83-66-65(81(79(83)111)27-47(91)33-115-75(107)37-5-13-51-55(19-37)71(103)85(67(51)99)43-9-3-41(31-89)59(95)23-43)82(28-48(92)34-116-76(108)38-6-14-52-56(20-38)72(104)86(68(52)100)44-10-4-42(32-90)60(96)24-44)80(112)84(66)30-50(94)36-118-78(110)40-8-16-54-58(22-40)74(106)88(70(54)102)46-12-18-64(114-2)62(98)26-46/h3-26,47-50,65-66,89-98H,27-36H2,1-2H3. The van der Waals surface area contributed by atoms with Gasteiger partial charge in [0.1, 0.15) is 74.7 Å². The Morgan fingerprint density at radius 2 is 0.542 bits per heavy atom. The highest BCUT2D eigenvalue weighted by atomic mass is 16.6. The first-order chi connectivity index (χ1) is 56.4. The minimum absolute atomic E-state index is 0.0324. The van der Waals surface area contributed by atoms with Crippen molar-refractivity contribution in [3.05, 3.63) is 223 Å². The Kier molecular flexibility index (Phi) is 21.6. The van der Waals surface area contributed by atoms with Crippen LogP contribution in [0.4, 0.5) is 32.3 Å². The summed E-state index contributed by atoms with van der Waals surface area (Å²) >= 11 is 0. The molecule has 12 amide bonds. The van der Waals surface area contributed by atoms with Gasteiger partial charge in [0.15, 0.2) is 23.0 Å². The largest absolute Gasteiger partial charge is 0.508 e. The predicted molar refractivity (Wildman–Crippen MR) is 398 cm³/mol. The highest BCUT2D eigenvalue weighted by molar-refractivity contribution is 6.37. The van der Waals surface area contributed by atoms with Crippen LogP contribution in [0.25, 0.3) is 0 Å². The van der Waals surface area contributed by atoms with Crippen LogP contribution in [0, 0.1) is 0 Å². The van der Waals surface area contributed by atoms with Gasteiger partial charge in [-0.05, 0) is 109 Å². The number of amides is 12. The summed E-state index contributed by atoms with van der Waals surface area (Å²) in [5.74, 6) is -13.4. The molecule has 0 spiro atoms. The minimum atomic E-state index is -1.96. The number of phenolic OH excluding ortho intramolecular Hbond substituents is 2. The number of aliphatic hydroxyl groups excluding tert-OH is 6. The summed E-state index contributed by atoms with van der Waals surface area (Å²) in [6, 6.07) is 25.7. The van der Waals surface area contributed by atoms with Crippen molar-refractivity contribution in [2.45, 2.75) is 50.0 Å². The van der Waals surface area contributed by atoms with Gasteiger partial charge in [0.25, 0.3) is 47.3 Å². The van der Waals surface area contributed by atoms with Crippen LogP contribution >= 0.6 is 0 Å². The fourth-order valence-electron chi connectivity index (χ4n) is 14.3. The fourth-order valence-corrected chi connectivity index (χ4v) is 14.3.